The van der Waals surface area contributed by atoms with Gasteiger partial charge in [-0.3, -0.25) is 4.79 Å². The molecule has 0 aromatic carbocycles. The van der Waals surface area contributed by atoms with Crippen LogP contribution in [0, 0.1) is 6.92 Å². The summed E-state index contributed by atoms with van der Waals surface area (Å²) in [5.41, 5.74) is 7.96. The number of nitrogens with zero attached hydrogens (tertiary/aromatic N) is 1. The molecule has 0 bridgehead atoms. The molecule has 2 heterocycles. The number of aromatic nitrogens is 2. The second kappa shape index (κ2) is 3.26. The minimum absolute atomic E-state index is 0.102. The highest BCUT2D eigenvalue weighted by atomic mass is 32.1. The summed E-state index contributed by atoms with van der Waals surface area (Å²) >= 11 is 1.39. The van der Waals surface area contributed by atoms with Gasteiger partial charge in [-0.05, 0) is 13.0 Å². The Bertz CT molecular complexity index is 515. The van der Waals surface area contributed by atoms with E-state index in [-0.39, 0.29) is 5.56 Å². The van der Waals surface area contributed by atoms with Gasteiger partial charge in [0.05, 0.1) is 5.69 Å². The van der Waals surface area contributed by atoms with E-state index in [9.17, 15) is 4.79 Å². The highest BCUT2D eigenvalue weighted by Crippen LogP contribution is 2.23. The van der Waals surface area contributed by atoms with Crippen LogP contribution in [0.4, 0.5) is 5.13 Å². The van der Waals surface area contributed by atoms with E-state index in [1.165, 1.54) is 17.4 Å². The molecule has 0 fully saturated rings. The first-order valence-corrected chi connectivity index (χ1v) is 4.96. The normalized spacial score (nSPS) is 10.4. The molecule has 0 saturated heterocycles. The molecular formula is C9H9N3OS. The topological polar surface area (TPSA) is 71.8 Å². The van der Waals surface area contributed by atoms with Crippen molar-refractivity contribution in [2.75, 3.05) is 5.73 Å². The molecule has 3 N–H and O–H groups in total. The predicted octanol–water partition coefficient (Wildman–Crippen LogP) is 1.39. The fourth-order valence-electron chi connectivity index (χ4n) is 1.27. The zero-order valence-electron chi connectivity index (χ0n) is 7.57. The molecule has 5 heteroatoms. The van der Waals surface area contributed by atoms with E-state index in [1.807, 2.05) is 12.3 Å². The number of H-pyrrole nitrogens is 1. The molecule has 0 saturated carbocycles. The molecule has 2 rings (SSSR count). The predicted molar refractivity (Wildman–Crippen MR) is 57.3 cm³/mol. The molecule has 0 aliphatic carbocycles. The van der Waals surface area contributed by atoms with Gasteiger partial charge in [0, 0.05) is 22.7 Å². The van der Waals surface area contributed by atoms with Gasteiger partial charge in [-0.15, -0.1) is 11.3 Å². The van der Waals surface area contributed by atoms with Crippen molar-refractivity contribution in [1.29, 1.82) is 0 Å². The van der Waals surface area contributed by atoms with E-state index in [0.717, 1.165) is 17.0 Å². The van der Waals surface area contributed by atoms with E-state index in [4.69, 9.17) is 5.73 Å². The Morgan fingerprint density at radius 1 is 1.50 bits per heavy atom. The Morgan fingerprint density at radius 2 is 2.29 bits per heavy atom. The van der Waals surface area contributed by atoms with Crippen LogP contribution in [-0.4, -0.2) is 9.97 Å². The zero-order chi connectivity index (χ0) is 10.1. The van der Waals surface area contributed by atoms with Gasteiger partial charge in [0.25, 0.3) is 0 Å². The summed E-state index contributed by atoms with van der Waals surface area (Å²) < 4.78 is 0. The van der Waals surface area contributed by atoms with E-state index in [0.29, 0.717) is 5.13 Å². The van der Waals surface area contributed by atoms with Gasteiger partial charge in [0.1, 0.15) is 0 Å². The van der Waals surface area contributed by atoms with Crippen molar-refractivity contribution in [3.8, 4) is 11.3 Å². The summed E-state index contributed by atoms with van der Waals surface area (Å²) in [4.78, 5) is 17.8. The van der Waals surface area contributed by atoms with Gasteiger partial charge in [-0.2, -0.15) is 0 Å². The Labute approximate surface area is 84.4 Å². The highest BCUT2D eigenvalue weighted by molar-refractivity contribution is 7.13. The smallest absolute Gasteiger partial charge is 0.248 e. The van der Waals surface area contributed by atoms with Crippen LogP contribution in [0.2, 0.25) is 0 Å². The van der Waals surface area contributed by atoms with Crippen LogP contribution < -0.4 is 11.3 Å². The van der Waals surface area contributed by atoms with Crippen molar-refractivity contribution in [3.63, 3.8) is 0 Å². The zero-order valence-corrected chi connectivity index (χ0v) is 8.39. The minimum Gasteiger partial charge on any atom is -0.375 e. The molecule has 0 aliphatic heterocycles. The third kappa shape index (κ3) is 1.54. The highest BCUT2D eigenvalue weighted by Gasteiger charge is 2.05. The maximum absolute atomic E-state index is 11.0. The van der Waals surface area contributed by atoms with Crippen molar-refractivity contribution >= 4 is 16.5 Å². The first kappa shape index (κ1) is 8.96. The Kier molecular flexibility index (Phi) is 2.09. The van der Waals surface area contributed by atoms with Crippen LogP contribution in [-0.2, 0) is 0 Å². The average Bonchev–Trinajstić information content (AvgIpc) is 2.51. The van der Waals surface area contributed by atoms with Gasteiger partial charge in [-0.25, -0.2) is 4.98 Å². The first-order valence-electron chi connectivity index (χ1n) is 4.08. The van der Waals surface area contributed by atoms with Crippen molar-refractivity contribution in [2.24, 2.45) is 0 Å². The molecule has 4 nitrogen and oxygen atoms in total. The number of rotatable bonds is 1. The van der Waals surface area contributed by atoms with Crippen LogP contribution in [0.5, 0.6) is 0 Å². The first-order chi connectivity index (χ1) is 6.66. The molecule has 14 heavy (non-hydrogen) atoms. The lowest BCUT2D eigenvalue weighted by Gasteiger charge is -2.00. The summed E-state index contributed by atoms with van der Waals surface area (Å²) in [5, 5.41) is 2.40. The van der Waals surface area contributed by atoms with Gasteiger partial charge < -0.3 is 10.7 Å². The van der Waals surface area contributed by atoms with Crippen LogP contribution >= 0.6 is 11.3 Å². The minimum atomic E-state index is -0.102. The summed E-state index contributed by atoms with van der Waals surface area (Å²) in [7, 11) is 0. The maximum Gasteiger partial charge on any atom is 0.248 e. The fraction of sp³-hybridized carbons (Fsp3) is 0.111. The van der Waals surface area contributed by atoms with E-state index in [1.54, 1.807) is 6.07 Å². The van der Waals surface area contributed by atoms with Gasteiger partial charge in [-0.1, -0.05) is 0 Å². The second-order valence-electron chi connectivity index (χ2n) is 2.93. The largest absolute Gasteiger partial charge is 0.375 e. The number of aryl methyl sites for hydroxylation is 1. The SMILES string of the molecule is Cc1[nH]c(=O)ccc1-c1csc(N)n1. The molecule has 72 valence electrons. The lowest BCUT2D eigenvalue weighted by atomic mass is 10.1. The number of anilines is 1. The molecule has 2 aromatic heterocycles. The Balaban J connectivity index is 2.57. The quantitative estimate of drug-likeness (QED) is 0.742. The molecule has 0 amide bonds. The number of aromatic amines is 1. The van der Waals surface area contributed by atoms with E-state index in [2.05, 4.69) is 9.97 Å². The van der Waals surface area contributed by atoms with Crippen LogP contribution in [0.15, 0.2) is 22.3 Å². The molecule has 0 spiro atoms. The van der Waals surface area contributed by atoms with Gasteiger partial charge >= 0.3 is 0 Å². The molecule has 0 unspecified atom stereocenters. The van der Waals surface area contributed by atoms with Gasteiger partial charge in [0.15, 0.2) is 5.13 Å². The molecule has 0 aliphatic rings. The molecular weight excluding hydrogens is 198 g/mol. The summed E-state index contributed by atoms with van der Waals surface area (Å²) in [5.74, 6) is 0. The number of nitrogens with two attached hydrogens (primary N) is 1. The summed E-state index contributed by atoms with van der Waals surface area (Å²) in [6.45, 7) is 1.84. The van der Waals surface area contributed by atoms with Crippen molar-refractivity contribution < 1.29 is 0 Å². The fourth-order valence-corrected chi connectivity index (χ4v) is 1.83. The van der Waals surface area contributed by atoms with Crippen LogP contribution in [0.25, 0.3) is 11.3 Å². The Hall–Kier alpha value is -1.62. The number of hydrogen-bond donors (Lipinski definition) is 2. The standard InChI is InChI=1S/C9H9N3OS/c1-5-6(2-3-8(13)11-5)7-4-14-9(10)12-7/h2-4H,1H3,(H2,10,12)(H,11,13). The van der Waals surface area contributed by atoms with E-state index >= 15 is 0 Å². The second-order valence-corrected chi connectivity index (χ2v) is 3.82. The Morgan fingerprint density at radius 3 is 2.86 bits per heavy atom. The number of nitrogen functional groups attached to an aromatic ring is 1. The summed E-state index contributed by atoms with van der Waals surface area (Å²) in [6, 6.07) is 3.24. The van der Waals surface area contributed by atoms with Crippen LogP contribution in [0.3, 0.4) is 0 Å². The number of nitrogens with one attached hydrogen (secondary N) is 1. The number of pyridine rings is 1. The van der Waals surface area contributed by atoms with Crippen molar-refractivity contribution in [1.82, 2.24) is 9.97 Å². The molecule has 0 atom stereocenters. The molecule has 0 radical (unpaired) electrons. The monoisotopic (exact) mass is 207 g/mol. The van der Waals surface area contributed by atoms with E-state index < -0.39 is 0 Å². The number of thiazole rings is 1. The lowest BCUT2D eigenvalue weighted by Crippen LogP contribution is -2.05. The van der Waals surface area contributed by atoms with Crippen molar-refractivity contribution in [3.05, 3.63) is 33.6 Å². The third-order valence-corrected chi connectivity index (χ3v) is 2.59. The van der Waals surface area contributed by atoms with Gasteiger partial charge in [0.2, 0.25) is 5.56 Å². The molecule has 2 aromatic rings. The lowest BCUT2D eigenvalue weighted by molar-refractivity contribution is 1.14. The summed E-state index contributed by atoms with van der Waals surface area (Å²) in [6.07, 6.45) is 0. The third-order valence-electron chi connectivity index (χ3n) is 1.91. The van der Waals surface area contributed by atoms with Crippen molar-refractivity contribution in [2.45, 2.75) is 6.92 Å². The van der Waals surface area contributed by atoms with Crippen LogP contribution in [0.1, 0.15) is 5.69 Å². The number of hydrogen-bond acceptors (Lipinski definition) is 4. The maximum atomic E-state index is 11.0. The average molecular weight is 207 g/mol.